The van der Waals surface area contributed by atoms with E-state index in [0.29, 0.717) is 5.75 Å². The van der Waals surface area contributed by atoms with Crippen LogP contribution in [0.5, 0.6) is 5.75 Å². The fourth-order valence-corrected chi connectivity index (χ4v) is 1.54. The molecule has 1 aromatic rings. The lowest BCUT2D eigenvalue weighted by Gasteiger charge is -2.01. The van der Waals surface area contributed by atoms with Crippen molar-refractivity contribution in [2.24, 2.45) is 0 Å². The third kappa shape index (κ3) is 2.33. The first-order valence-corrected chi connectivity index (χ1v) is 5.01. The van der Waals surface area contributed by atoms with Crippen molar-refractivity contribution in [2.45, 2.75) is 4.90 Å². The van der Waals surface area contributed by atoms with Crippen LogP contribution < -0.4 is 4.74 Å². The molecule has 4 nitrogen and oxygen atoms in total. The summed E-state index contributed by atoms with van der Waals surface area (Å²) in [6.45, 7) is 0. The van der Waals surface area contributed by atoms with E-state index in [1.807, 2.05) is 0 Å². The summed E-state index contributed by atoms with van der Waals surface area (Å²) < 4.78 is 30.7. The van der Waals surface area contributed by atoms with Gasteiger partial charge in [-0.3, -0.25) is 0 Å². The third-order valence-corrected chi connectivity index (χ3v) is 2.94. The van der Waals surface area contributed by atoms with E-state index >= 15 is 0 Å². The van der Waals surface area contributed by atoms with Gasteiger partial charge in [0.1, 0.15) is 5.75 Å². The zero-order valence-electron chi connectivity index (χ0n) is 6.73. The molecule has 0 aliphatic rings. The van der Waals surface area contributed by atoms with E-state index in [1.165, 1.54) is 31.4 Å². The molecule has 0 radical (unpaired) electrons. The summed E-state index contributed by atoms with van der Waals surface area (Å²) in [5, 5.41) is 0. The minimum atomic E-state index is -3.81. The highest BCUT2D eigenvalue weighted by Crippen LogP contribution is 2.17. The maximum absolute atomic E-state index is 11.0. The summed E-state index contributed by atoms with van der Waals surface area (Å²) in [4.78, 5) is -0.0108. The molecular formula is C7H7ClO4S. The first-order valence-electron chi connectivity index (χ1n) is 3.29. The van der Waals surface area contributed by atoms with E-state index < -0.39 is 10.1 Å². The Morgan fingerprint density at radius 3 is 2.15 bits per heavy atom. The summed E-state index contributed by atoms with van der Waals surface area (Å²) in [7, 11) is -2.33. The van der Waals surface area contributed by atoms with Crippen LogP contribution in [0.4, 0.5) is 0 Å². The number of rotatable bonds is 3. The molecule has 0 bridgehead atoms. The Balaban J connectivity index is 3.06. The van der Waals surface area contributed by atoms with Gasteiger partial charge >= 0.3 is 10.1 Å². The molecule has 0 aliphatic carbocycles. The molecule has 0 aromatic heterocycles. The van der Waals surface area contributed by atoms with Gasteiger partial charge in [-0.25, -0.2) is 0 Å². The van der Waals surface area contributed by atoms with Crippen LogP contribution in [0.3, 0.4) is 0 Å². The molecule has 0 unspecified atom stereocenters. The minimum absolute atomic E-state index is 0.0108. The van der Waals surface area contributed by atoms with Gasteiger partial charge in [-0.1, -0.05) is 0 Å². The van der Waals surface area contributed by atoms with E-state index in [9.17, 15) is 8.42 Å². The lowest BCUT2D eigenvalue weighted by atomic mass is 10.3. The summed E-state index contributed by atoms with van der Waals surface area (Å²) in [5.41, 5.74) is 0. The van der Waals surface area contributed by atoms with Crippen molar-refractivity contribution < 1.29 is 16.9 Å². The van der Waals surface area contributed by atoms with E-state index in [0.717, 1.165) is 0 Å². The molecule has 0 fully saturated rings. The second-order valence-corrected chi connectivity index (χ2v) is 4.08. The molecule has 0 atom stereocenters. The van der Waals surface area contributed by atoms with Crippen molar-refractivity contribution in [3.8, 4) is 5.75 Å². The van der Waals surface area contributed by atoms with E-state index in [4.69, 9.17) is 16.6 Å². The van der Waals surface area contributed by atoms with Crippen molar-refractivity contribution in [2.75, 3.05) is 7.11 Å². The van der Waals surface area contributed by atoms with Gasteiger partial charge in [-0.05, 0) is 24.3 Å². The predicted octanol–water partition coefficient (Wildman–Crippen LogP) is 1.55. The van der Waals surface area contributed by atoms with Gasteiger partial charge in [0.15, 0.2) is 0 Å². The van der Waals surface area contributed by atoms with Gasteiger partial charge < -0.3 is 4.74 Å². The molecular weight excluding hydrogens is 216 g/mol. The summed E-state index contributed by atoms with van der Waals surface area (Å²) >= 11 is 4.78. The molecule has 1 rings (SSSR count). The van der Waals surface area contributed by atoms with Crippen LogP contribution in [0.25, 0.3) is 0 Å². The van der Waals surface area contributed by atoms with Crippen LogP contribution in [0.2, 0.25) is 0 Å². The van der Waals surface area contributed by atoms with Crippen molar-refractivity contribution in [3.05, 3.63) is 24.3 Å². The van der Waals surface area contributed by atoms with Gasteiger partial charge in [0, 0.05) is 0 Å². The molecule has 6 heteroatoms. The largest absolute Gasteiger partial charge is 0.497 e. The molecule has 72 valence electrons. The summed E-state index contributed by atoms with van der Waals surface area (Å²) in [6.07, 6.45) is 0. The molecule has 0 N–H and O–H groups in total. The van der Waals surface area contributed by atoms with Crippen molar-refractivity contribution in [1.82, 2.24) is 0 Å². The second-order valence-electron chi connectivity index (χ2n) is 2.19. The SMILES string of the molecule is COc1ccc(S(=O)(=O)OCl)cc1. The summed E-state index contributed by atoms with van der Waals surface area (Å²) in [5.74, 6) is 0.563. The highest BCUT2D eigenvalue weighted by Gasteiger charge is 2.13. The Labute approximate surface area is 81.3 Å². The first kappa shape index (κ1) is 10.3. The Bertz CT molecular complexity index is 370. The average Bonchev–Trinajstić information content (AvgIpc) is 2.18. The van der Waals surface area contributed by atoms with Crippen LogP contribution >= 0.6 is 11.9 Å². The molecule has 0 heterocycles. The van der Waals surface area contributed by atoms with Gasteiger partial charge in [0.2, 0.25) is 0 Å². The maximum atomic E-state index is 11.0. The number of halogens is 1. The third-order valence-electron chi connectivity index (χ3n) is 1.43. The van der Waals surface area contributed by atoms with Crippen LogP contribution in [0.1, 0.15) is 0 Å². The maximum Gasteiger partial charge on any atom is 0.312 e. The molecule has 13 heavy (non-hydrogen) atoms. The van der Waals surface area contributed by atoms with Crippen molar-refractivity contribution in [1.29, 1.82) is 0 Å². The summed E-state index contributed by atoms with van der Waals surface area (Å²) in [6, 6.07) is 5.69. The Hall–Kier alpha value is -0.780. The van der Waals surface area contributed by atoms with Crippen LogP contribution in [-0.4, -0.2) is 15.5 Å². The van der Waals surface area contributed by atoms with Crippen LogP contribution in [0, 0.1) is 0 Å². The van der Waals surface area contributed by atoms with Gasteiger partial charge in [-0.2, -0.15) is 12.2 Å². The highest BCUT2D eigenvalue weighted by atomic mass is 35.5. The molecule has 0 aliphatic heterocycles. The van der Waals surface area contributed by atoms with Gasteiger partial charge in [-0.15, -0.1) is 0 Å². The van der Waals surface area contributed by atoms with Gasteiger partial charge in [0.25, 0.3) is 0 Å². The monoisotopic (exact) mass is 222 g/mol. The highest BCUT2D eigenvalue weighted by molar-refractivity contribution is 7.87. The molecule has 1 aromatic carbocycles. The van der Waals surface area contributed by atoms with Crippen LogP contribution in [0.15, 0.2) is 29.2 Å². The Morgan fingerprint density at radius 2 is 1.77 bits per heavy atom. The fraction of sp³-hybridized carbons (Fsp3) is 0.143. The number of benzene rings is 1. The van der Waals surface area contributed by atoms with Gasteiger partial charge in [0.05, 0.1) is 23.9 Å². The minimum Gasteiger partial charge on any atom is -0.497 e. The molecule has 0 saturated heterocycles. The smallest absolute Gasteiger partial charge is 0.312 e. The van der Waals surface area contributed by atoms with E-state index in [-0.39, 0.29) is 4.90 Å². The van der Waals surface area contributed by atoms with Crippen molar-refractivity contribution >= 4 is 22.0 Å². The number of hydrogen-bond donors (Lipinski definition) is 0. The van der Waals surface area contributed by atoms with Crippen molar-refractivity contribution in [3.63, 3.8) is 0 Å². The second kappa shape index (κ2) is 3.95. The Kier molecular flexibility index (Phi) is 3.13. The zero-order chi connectivity index (χ0) is 9.90. The molecule has 0 spiro atoms. The molecule has 0 saturated carbocycles. The topological polar surface area (TPSA) is 52.6 Å². The Morgan fingerprint density at radius 1 is 1.23 bits per heavy atom. The quantitative estimate of drug-likeness (QED) is 0.779. The number of methoxy groups -OCH3 is 1. The predicted molar refractivity (Wildman–Crippen MR) is 47.1 cm³/mol. The van der Waals surface area contributed by atoms with E-state index in [2.05, 4.69) is 3.74 Å². The fourth-order valence-electron chi connectivity index (χ4n) is 0.779. The molecule has 0 amide bonds. The zero-order valence-corrected chi connectivity index (χ0v) is 8.30. The van der Waals surface area contributed by atoms with Crippen LogP contribution in [-0.2, 0) is 13.9 Å². The number of ether oxygens (including phenoxy) is 1. The average molecular weight is 223 g/mol. The van der Waals surface area contributed by atoms with E-state index in [1.54, 1.807) is 0 Å². The lowest BCUT2D eigenvalue weighted by Crippen LogP contribution is -1.99. The number of hydrogen-bond acceptors (Lipinski definition) is 4. The first-order chi connectivity index (χ1) is 6.10. The lowest BCUT2D eigenvalue weighted by molar-refractivity contribution is 0.414. The standard InChI is InChI=1S/C7H7ClO4S/c1-11-6-2-4-7(5-3-6)13(9,10)12-8/h2-5H,1H3. The normalized spacial score (nSPS) is 11.2.